The maximum atomic E-state index is 12.7. The summed E-state index contributed by atoms with van der Waals surface area (Å²) >= 11 is 0. The summed E-state index contributed by atoms with van der Waals surface area (Å²) in [6.45, 7) is 2.89. The molecule has 0 spiro atoms. The lowest BCUT2D eigenvalue weighted by Crippen LogP contribution is -2.49. The quantitative estimate of drug-likeness (QED) is 0.262. The largest absolute Gasteiger partial charge is 0.497 e. The standard InChI is InChI=1S/C30H30F3NO3/c1-29(24-9-4-21(5-10-24)8-15-28(35)37-3)27-14-13-26(36-2)20-23(27)17-19-34(29)25-11-6-22(7-12-25)16-18-30(31,32)33/h4-15,20H,16-19H2,1-3H3/b15-8+. The van der Waals surface area contributed by atoms with Gasteiger partial charge in [0.05, 0.1) is 19.8 Å². The lowest BCUT2D eigenvalue weighted by molar-refractivity contribution is -0.135. The molecule has 0 bridgehead atoms. The molecular weight excluding hydrogens is 479 g/mol. The molecular formula is C30H30F3NO3. The SMILES string of the molecule is COC(=O)/C=C/c1ccc(C2(C)c3ccc(OC)cc3CCN2c2ccc(CCC(F)(F)F)cc2)cc1. The number of aryl methyl sites for hydroxylation is 1. The molecule has 0 saturated heterocycles. The Hall–Kier alpha value is -3.74. The van der Waals surface area contributed by atoms with Gasteiger partial charge in [0.2, 0.25) is 0 Å². The first-order chi connectivity index (χ1) is 17.6. The van der Waals surface area contributed by atoms with Crippen LogP contribution < -0.4 is 9.64 Å². The first-order valence-corrected chi connectivity index (χ1v) is 12.1. The molecule has 194 valence electrons. The van der Waals surface area contributed by atoms with Gasteiger partial charge in [-0.3, -0.25) is 0 Å². The van der Waals surface area contributed by atoms with Crippen LogP contribution in [0.25, 0.3) is 6.08 Å². The van der Waals surface area contributed by atoms with Gasteiger partial charge in [-0.1, -0.05) is 42.5 Å². The van der Waals surface area contributed by atoms with Gasteiger partial charge in [-0.25, -0.2) is 4.79 Å². The molecule has 3 aromatic carbocycles. The summed E-state index contributed by atoms with van der Waals surface area (Å²) in [5.74, 6) is 0.378. The summed E-state index contributed by atoms with van der Waals surface area (Å²) in [7, 11) is 2.99. The normalized spacial score (nSPS) is 17.5. The van der Waals surface area contributed by atoms with Gasteiger partial charge in [-0.2, -0.15) is 13.2 Å². The minimum Gasteiger partial charge on any atom is -0.497 e. The number of benzene rings is 3. The van der Waals surface area contributed by atoms with Gasteiger partial charge in [-0.05, 0) is 77.9 Å². The van der Waals surface area contributed by atoms with Crippen molar-refractivity contribution in [3.63, 3.8) is 0 Å². The van der Waals surface area contributed by atoms with Crippen LogP contribution in [-0.2, 0) is 27.9 Å². The number of methoxy groups -OCH3 is 2. The smallest absolute Gasteiger partial charge is 0.389 e. The second-order valence-electron chi connectivity index (χ2n) is 9.26. The average molecular weight is 510 g/mol. The molecule has 0 aromatic heterocycles. The third-order valence-electron chi connectivity index (χ3n) is 7.01. The maximum absolute atomic E-state index is 12.7. The minimum atomic E-state index is -4.17. The van der Waals surface area contributed by atoms with E-state index in [0.717, 1.165) is 41.1 Å². The first kappa shape index (κ1) is 26.3. The number of carbonyl (C=O) groups excluding carboxylic acids is 1. The second kappa shape index (κ2) is 10.7. The molecule has 0 amide bonds. The third-order valence-corrected chi connectivity index (χ3v) is 7.01. The molecule has 1 atom stereocenters. The van der Waals surface area contributed by atoms with Crippen molar-refractivity contribution in [2.24, 2.45) is 0 Å². The van der Waals surface area contributed by atoms with E-state index >= 15 is 0 Å². The highest BCUT2D eigenvalue weighted by Crippen LogP contribution is 2.44. The van der Waals surface area contributed by atoms with E-state index in [4.69, 9.17) is 4.74 Å². The maximum Gasteiger partial charge on any atom is 0.389 e. The summed E-state index contributed by atoms with van der Waals surface area (Å²) in [5.41, 5.74) is 5.30. The first-order valence-electron chi connectivity index (χ1n) is 12.1. The summed E-state index contributed by atoms with van der Waals surface area (Å²) < 4.78 is 48.2. The number of anilines is 1. The van der Waals surface area contributed by atoms with E-state index in [0.29, 0.717) is 5.56 Å². The molecule has 0 saturated carbocycles. The van der Waals surface area contributed by atoms with Crippen molar-refractivity contribution in [2.75, 3.05) is 25.7 Å². The van der Waals surface area contributed by atoms with Gasteiger partial charge in [-0.15, -0.1) is 0 Å². The van der Waals surface area contributed by atoms with Crippen molar-refractivity contribution >= 4 is 17.7 Å². The Morgan fingerprint density at radius 1 is 1.03 bits per heavy atom. The predicted molar refractivity (Wildman–Crippen MR) is 139 cm³/mol. The topological polar surface area (TPSA) is 38.8 Å². The second-order valence-corrected chi connectivity index (χ2v) is 9.26. The molecule has 4 rings (SSSR count). The molecule has 0 fully saturated rings. The number of hydrogen-bond donors (Lipinski definition) is 0. The molecule has 37 heavy (non-hydrogen) atoms. The Balaban J connectivity index is 1.72. The predicted octanol–water partition coefficient (Wildman–Crippen LogP) is 6.70. The van der Waals surface area contributed by atoms with Gasteiger partial charge < -0.3 is 14.4 Å². The summed E-state index contributed by atoms with van der Waals surface area (Å²) in [4.78, 5) is 13.8. The highest BCUT2D eigenvalue weighted by molar-refractivity contribution is 5.86. The number of ether oxygens (including phenoxy) is 2. The molecule has 1 aliphatic heterocycles. The van der Waals surface area contributed by atoms with Gasteiger partial charge in [0.25, 0.3) is 0 Å². The van der Waals surface area contributed by atoms with Crippen LogP contribution in [-0.4, -0.2) is 32.9 Å². The summed E-state index contributed by atoms with van der Waals surface area (Å²) in [6.07, 6.45) is -1.16. The number of esters is 1. The molecule has 0 radical (unpaired) electrons. The Morgan fingerprint density at radius 3 is 2.35 bits per heavy atom. The lowest BCUT2D eigenvalue weighted by atomic mass is 9.76. The number of nitrogens with zero attached hydrogens (tertiary/aromatic N) is 1. The van der Waals surface area contributed by atoms with Crippen LogP contribution in [0.1, 0.15) is 41.2 Å². The van der Waals surface area contributed by atoms with Crippen LogP contribution in [0.2, 0.25) is 0 Å². The van der Waals surface area contributed by atoms with E-state index in [1.807, 2.05) is 42.5 Å². The van der Waals surface area contributed by atoms with E-state index in [-0.39, 0.29) is 6.42 Å². The number of rotatable bonds is 7. The Kier molecular flexibility index (Phi) is 7.62. The average Bonchev–Trinajstić information content (AvgIpc) is 2.90. The Labute approximate surface area is 215 Å². The zero-order valence-corrected chi connectivity index (χ0v) is 21.1. The number of carbonyl (C=O) groups is 1. The van der Waals surface area contributed by atoms with Crippen LogP contribution >= 0.6 is 0 Å². The van der Waals surface area contributed by atoms with Crippen molar-refractivity contribution in [1.29, 1.82) is 0 Å². The monoisotopic (exact) mass is 509 g/mol. The fourth-order valence-corrected chi connectivity index (χ4v) is 4.96. The van der Waals surface area contributed by atoms with Gasteiger partial charge in [0.15, 0.2) is 0 Å². The summed E-state index contributed by atoms with van der Waals surface area (Å²) in [5, 5.41) is 0. The van der Waals surface area contributed by atoms with Gasteiger partial charge >= 0.3 is 12.1 Å². The Morgan fingerprint density at radius 2 is 1.73 bits per heavy atom. The van der Waals surface area contributed by atoms with Crippen molar-refractivity contribution in [3.05, 3.63) is 101 Å². The Bertz CT molecular complexity index is 1270. The molecule has 0 aliphatic carbocycles. The highest BCUT2D eigenvalue weighted by Gasteiger charge is 2.40. The molecule has 1 aliphatic rings. The van der Waals surface area contributed by atoms with Crippen molar-refractivity contribution in [1.82, 2.24) is 0 Å². The van der Waals surface area contributed by atoms with Crippen molar-refractivity contribution < 1.29 is 27.4 Å². The van der Waals surface area contributed by atoms with Gasteiger partial charge in [0, 0.05) is 24.7 Å². The summed E-state index contributed by atoms with van der Waals surface area (Å²) in [6, 6.07) is 21.5. The highest BCUT2D eigenvalue weighted by atomic mass is 19.4. The van der Waals surface area contributed by atoms with Crippen LogP contribution in [0.15, 0.2) is 72.8 Å². The van der Waals surface area contributed by atoms with E-state index in [9.17, 15) is 18.0 Å². The van der Waals surface area contributed by atoms with Crippen LogP contribution in [0, 0.1) is 0 Å². The number of hydrogen-bond acceptors (Lipinski definition) is 4. The number of fused-ring (bicyclic) bond motifs is 1. The fraction of sp³-hybridized carbons (Fsp3) is 0.300. The lowest BCUT2D eigenvalue weighted by Gasteiger charge is -2.48. The molecule has 4 nitrogen and oxygen atoms in total. The van der Waals surface area contributed by atoms with Crippen molar-refractivity contribution in [2.45, 2.75) is 37.9 Å². The fourth-order valence-electron chi connectivity index (χ4n) is 4.96. The van der Waals surface area contributed by atoms with E-state index in [2.05, 4.69) is 28.7 Å². The zero-order valence-electron chi connectivity index (χ0n) is 21.1. The molecule has 0 N–H and O–H groups in total. The number of halogens is 3. The van der Waals surface area contributed by atoms with Crippen molar-refractivity contribution in [3.8, 4) is 5.75 Å². The van der Waals surface area contributed by atoms with E-state index in [1.165, 1.54) is 18.7 Å². The van der Waals surface area contributed by atoms with E-state index in [1.54, 1.807) is 25.3 Å². The van der Waals surface area contributed by atoms with E-state index < -0.39 is 24.1 Å². The van der Waals surface area contributed by atoms with Crippen LogP contribution in [0.4, 0.5) is 18.9 Å². The van der Waals surface area contributed by atoms with Gasteiger partial charge in [0.1, 0.15) is 5.75 Å². The molecule has 3 aromatic rings. The van der Waals surface area contributed by atoms with Crippen LogP contribution in [0.3, 0.4) is 0 Å². The molecule has 1 unspecified atom stereocenters. The molecule has 7 heteroatoms. The number of alkyl halides is 3. The van der Waals surface area contributed by atoms with Crippen LogP contribution in [0.5, 0.6) is 5.75 Å². The third kappa shape index (κ3) is 5.82. The zero-order chi connectivity index (χ0) is 26.6. The molecule has 1 heterocycles. The minimum absolute atomic E-state index is 0.0375.